The van der Waals surface area contributed by atoms with Crippen LogP contribution in [0, 0.1) is 12.7 Å². The number of nitrogens with one attached hydrogen (secondary N) is 1. The molecule has 0 aromatic carbocycles. The molecule has 2 saturated heterocycles. The van der Waals surface area contributed by atoms with Crippen molar-refractivity contribution in [2.45, 2.75) is 50.7 Å². The molecule has 2 unspecified atom stereocenters. The molecule has 0 aliphatic carbocycles. The summed E-state index contributed by atoms with van der Waals surface area (Å²) in [5.41, 5.74) is 0.420. The maximum Gasteiger partial charge on any atom is 0.186 e. The summed E-state index contributed by atoms with van der Waals surface area (Å²) in [4.78, 5) is 9.98. The van der Waals surface area contributed by atoms with E-state index < -0.39 is 0 Å². The molecule has 3 rings (SSSR count). The van der Waals surface area contributed by atoms with E-state index >= 15 is 0 Å². The molecule has 0 saturated carbocycles. The molecule has 5 heteroatoms. The highest BCUT2D eigenvalue weighted by Crippen LogP contribution is 2.31. The zero-order valence-corrected chi connectivity index (χ0v) is 10.9. The first-order chi connectivity index (χ1) is 8.65. The van der Waals surface area contributed by atoms with Crippen LogP contribution in [0.4, 0.5) is 10.2 Å². The first kappa shape index (κ1) is 11.8. The van der Waals surface area contributed by atoms with Gasteiger partial charge in [0.1, 0.15) is 6.33 Å². The number of hydrogen-bond acceptors (Lipinski definition) is 4. The highest BCUT2D eigenvalue weighted by molar-refractivity contribution is 5.41. The van der Waals surface area contributed by atoms with Crippen LogP contribution < -0.4 is 10.2 Å². The van der Waals surface area contributed by atoms with Gasteiger partial charge in [-0.15, -0.1) is 0 Å². The van der Waals surface area contributed by atoms with Crippen LogP contribution >= 0.6 is 0 Å². The minimum atomic E-state index is -0.286. The smallest absolute Gasteiger partial charge is 0.186 e. The number of nitrogens with zero attached hydrogens (tertiary/aromatic N) is 3. The van der Waals surface area contributed by atoms with Crippen LogP contribution in [0.5, 0.6) is 0 Å². The predicted octanol–water partition coefficient (Wildman–Crippen LogP) is 1.64. The van der Waals surface area contributed by atoms with E-state index in [4.69, 9.17) is 0 Å². The van der Waals surface area contributed by atoms with Crippen LogP contribution in [0.3, 0.4) is 0 Å². The lowest BCUT2D eigenvalue weighted by atomic mass is 9.98. The average molecular weight is 250 g/mol. The molecule has 18 heavy (non-hydrogen) atoms. The maximum absolute atomic E-state index is 14.0. The SMILES string of the molecule is Cc1ncnc(N(C)C2CC3CCC(C2)N3)c1F. The molecule has 2 aliphatic heterocycles. The molecule has 1 N–H and O–H groups in total. The first-order valence-electron chi connectivity index (χ1n) is 6.61. The topological polar surface area (TPSA) is 41.1 Å². The quantitative estimate of drug-likeness (QED) is 0.866. The Kier molecular flexibility index (Phi) is 2.93. The standard InChI is InChI=1S/C13H19FN4/c1-8-12(14)13(16-7-15-8)18(2)11-5-9-3-4-10(6-11)17-9/h7,9-11,17H,3-6H2,1-2H3. The van der Waals surface area contributed by atoms with Crippen LogP contribution in [-0.2, 0) is 0 Å². The van der Waals surface area contributed by atoms with Crippen molar-refractivity contribution < 1.29 is 4.39 Å². The number of halogens is 1. The number of aryl methyl sites for hydroxylation is 1. The monoisotopic (exact) mass is 250 g/mol. The second-order valence-corrected chi connectivity index (χ2v) is 5.47. The minimum Gasteiger partial charge on any atom is -0.354 e. The molecule has 2 fully saturated rings. The zero-order valence-electron chi connectivity index (χ0n) is 10.9. The van der Waals surface area contributed by atoms with Gasteiger partial charge < -0.3 is 10.2 Å². The van der Waals surface area contributed by atoms with Crippen molar-refractivity contribution in [3.63, 3.8) is 0 Å². The third kappa shape index (κ3) is 1.96. The Balaban J connectivity index is 1.82. The van der Waals surface area contributed by atoms with Gasteiger partial charge in [-0.05, 0) is 32.6 Å². The number of piperidine rings is 1. The van der Waals surface area contributed by atoms with E-state index in [1.807, 2.05) is 11.9 Å². The fourth-order valence-electron chi connectivity index (χ4n) is 3.21. The van der Waals surface area contributed by atoms with E-state index in [2.05, 4.69) is 15.3 Å². The van der Waals surface area contributed by atoms with Gasteiger partial charge >= 0.3 is 0 Å². The number of hydrogen-bond donors (Lipinski definition) is 1. The Morgan fingerprint density at radius 3 is 2.61 bits per heavy atom. The maximum atomic E-state index is 14.0. The van der Waals surface area contributed by atoms with Gasteiger partial charge in [0.2, 0.25) is 0 Å². The van der Waals surface area contributed by atoms with Gasteiger partial charge in [0, 0.05) is 25.2 Å². The number of aromatic nitrogens is 2. The van der Waals surface area contributed by atoms with Gasteiger partial charge in [0.25, 0.3) is 0 Å². The van der Waals surface area contributed by atoms with Crippen molar-refractivity contribution in [2.75, 3.05) is 11.9 Å². The van der Waals surface area contributed by atoms with E-state index in [1.54, 1.807) is 6.92 Å². The third-order valence-electron chi connectivity index (χ3n) is 4.28. The van der Waals surface area contributed by atoms with Crippen LogP contribution in [0.15, 0.2) is 6.33 Å². The number of anilines is 1. The largest absolute Gasteiger partial charge is 0.354 e. The fraction of sp³-hybridized carbons (Fsp3) is 0.692. The average Bonchev–Trinajstić information content (AvgIpc) is 2.71. The van der Waals surface area contributed by atoms with Crippen LogP contribution in [0.25, 0.3) is 0 Å². The van der Waals surface area contributed by atoms with Crippen molar-refractivity contribution in [3.05, 3.63) is 17.8 Å². The molecular weight excluding hydrogens is 231 g/mol. The van der Waals surface area contributed by atoms with Crippen molar-refractivity contribution in [1.29, 1.82) is 0 Å². The Morgan fingerprint density at radius 2 is 1.94 bits per heavy atom. The summed E-state index contributed by atoms with van der Waals surface area (Å²) in [7, 11) is 1.94. The van der Waals surface area contributed by atoms with Crippen molar-refractivity contribution in [3.8, 4) is 0 Å². The first-order valence-corrected chi connectivity index (χ1v) is 6.61. The molecule has 1 aromatic rings. The normalized spacial score (nSPS) is 30.5. The lowest BCUT2D eigenvalue weighted by molar-refractivity contribution is 0.352. The number of rotatable bonds is 2. The molecule has 98 valence electrons. The van der Waals surface area contributed by atoms with E-state index in [1.165, 1.54) is 19.2 Å². The summed E-state index contributed by atoms with van der Waals surface area (Å²) in [6.07, 6.45) is 6.10. The second kappa shape index (κ2) is 4.46. The van der Waals surface area contributed by atoms with E-state index in [0.717, 1.165) is 12.8 Å². The zero-order chi connectivity index (χ0) is 12.7. The highest BCUT2D eigenvalue weighted by Gasteiger charge is 2.36. The molecule has 2 bridgehead atoms. The highest BCUT2D eigenvalue weighted by atomic mass is 19.1. The lowest BCUT2D eigenvalue weighted by Crippen LogP contribution is -2.47. The van der Waals surface area contributed by atoms with E-state index in [0.29, 0.717) is 29.6 Å². The summed E-state index contributed by atoms with van der Waals surface area (Å²) < 4.78 is 14.0. The Labute approximate surface area is 107 Å². The van der Waals surface area contributed by atoms with Crippen LogP contribution in [0.2, 0.25) is 0 Å². The van der Waals surface area contributed by atoms with Gasteiger partial charge in [0.15, 0.2) is 11.6 Å². The minimum absolute atomic E-state index is 0.286. The molecule has 4 nitrogen and oxygen atoms in total. The molecule has 1 aromatic heterocycles. The van der Waals surface area contributed by atoms with Crippen molar-refractivity contribution in [1.82, 2.24) is 15.3 Å². The van der Waals surface area contributed by atoms with E-state index in [-0.39, 0.29) is 5.82 Å². The summed E-state index contributed by atoms with van der Waals surface area (Å²) in [5.74, 6) is 0.152. The summed E-state index contributed by atoms with van der Waals surface area (Å²) in [5, 5.41) is 3.60. The van der Waals surface area contributed by atoms with Gasteiger partial charge in [-0.25, -0.2) is 14.4 Å². The third-order valence-corrected chi connectivity index (χ3v) is 4.28. The Bertz CT molecular complexity index is 439. The van der Waals surface area contributed by atoms with Gasteiger partial charge in [-0.1, -0.05) is 0 Å². The molecule has 3 heterocycles. The lowest BCUT2D eigenvalue weighted by Gasteiger charge is -2.36. The molecule has 2 atom stereocenters. The molecular formula is C13H19FN4. The molecule has 0 spiro atoms. The van der Waals surface area contributed by atoms with E-state index in [9.17, 15) is 4.39 Å². The summed E-state index contributed by atoms with van der Waals surface area (Å²) in [6.45, 7) is 1.68. The second-order valence-electron chi connectivity index (χ2n) is 5.47. The van der Waals surface area contributed by atoms with Crippen molar-refractivity contribution in [2.24, 2.45) is 0 Å². The summed E-state index contributed by atoms with van der Waals surface area (Å²) in [6, 6.07) is 1.58. The van der Waals surface area contributed by atoms with Crippen molar-refractivity contribution >= 4 is 5.82 Å². The number of fused-ring (bicyclic) bond motifs is 2. The predicted molar refractivity (Wildman–Crippen MR) is 68.1 cm³/mol. The van der Waals surface area contributed by atoms with Gasteiger partial charge in [0.05, 0.1) is 5.69 Å². The molecule has 0 radical (unpaired) electrons. The van der Waals surface area contributed by atoms with Gasteiger partial charge in [-0.3, -0.25) is 0 Å². The van der Waals surface area contributed by atoms with Gasteiger partial charge in [-0.2, -0.15) is 0 Å². The fourth-order valence-corrected chi connectivity index (χ4v) is 3.21. The molecule has 2 aliphatic rings. The van der Waals surface area contributed by atoms with Crippen LogP contribution in [0.1, 0.15) is 31.4 Å². The molecule has 0 amide bonds. The summed E-state index contributed by atoms with van der Waals surface area (Å²) >= 11 is 0. The Hall–Kier alpha value is -1.23. The van der Waals surface area contributed by atoms with Crippen LogP contribution in [-0.4, -0.2) is 35.1 Å². The Morgan fingerprint density at radius 1 is 1.28 bits per heavy atom.